The van der Waals surface area contributed by atoms with Gasteiger partial charge in [-0.1, -0.05) is 0 Å². The molecule has 1 radical (unpaired) electrons. The maximum atomic E-state index is 11.2. The summed E-state index contributed by atoms with van der Waals surface area (Å²) in [7, 11) is 0. The number of hydrogen-bond acceptors (Lipinski definition) is 2. The molecule has 0 saturated heterocycles. The normalized spacial score (nSPS) is 16.7. The SMILES string of the molecule is O=C(Cc1[c]c[nH]n1)C1CC1. The number of nitrogens with zero attached hydrogens (tertiary/aromatic N) is 1. The Morgan fingerprint density at radius 3 is 3.18 bits per heavy atom. The van der Waals surface area contributed by atoms with Crippen LogP contribution in [0.1, 0.15) is 18.5 Å². The summed E-state index contributed by atoms with van der Waals surface area (Å²) in [4.78, 5) is 11.2. The molecule has 0 aromatic carbocycles. The molecule has 11 heavy (non-hydrogen) atoms. The summed E-state index contributed by atoms with van der Waals surface area (Å²) in [5.74, 6) is 0.647. The third-order valence-corrected chi connectivity index (χ3v) is 1.88. The first-order chi connectivity index (χ1) is 5.36. The molecule has 1 aliphatic carbocycles. The molecule has 0 bridgehead atoms. The predicted molar refractivity (Wildman–Crippen MR) is 38.9 cm³/mol. The fraction of sp³-hybridized carbons (Fsp3) is 0.500. The number of carbonyl (C=O) groups excluding carboxylic acids is 1. The Morgan fingerprint density at radius 1 is 1.82 bits per heavy atom. The van der Waals surface area contributed by atoms with E-state index in [1.54, 1.807) is 6.20 Å². The minimum Gasteiger partial charge on any atom is -0.299 e. The Hall–Kier alpha value is -1.12. The molecule has 1 N–H and O–H groups in total. The first-order valence-electron chi connectivity index (χ1n) is 3.79. The number of hydrogen-bond donors (Lipinski definition) is 1. The average molecular weight is 149 g/mol. The van der Waals surface area contributed by atoms with Gasteiger partial charge in [0.1, 0.15) is 5.78 Å². The first kappa shape index (κ1) is 6.58. The summed E-state index contributed by atoms with van der Waals surface area (Å²) in [6.07, 6.45) is 4.22. The topological polar surface area (TPSA) is 45.8 Å². The fourth-order valence-electron chi connectivity index (χ4n) is 1.06. The van der Waals surface area contributed by atoms with E-state index in [1.807, 2.05) is 0 Å². The van der Waals surface area contributed by atoms with Crippen LogP contribution in [0.4, 0.5) is 0 Å². The minimum absolute atomic E-state index is 0.313. The van der Waals surface area contributed by atoms with Crippen molar-refractivity contribution in [2.75, 3.05) is 0 Å². The summed E-state index contributed by atoms with van der Waals surface area (Å²) >= 11 is 0. The molecule has 0 atom stereocenters. The van der Waals surface area contributed by atoms with Crippen LogP contribution >= 0.6 is 0 Å². The molecule has 2 rings (SSSR count). The van der Waals surface area contributed by atoms with Crippen LogP contribution in [0.2, 0.25) is 0 Å². The molecular weight excluding hydrogens is 140 g/mol. The number of aromatic nitrogens is 2. The van der Waals surface area contributed by atoms with E-state index >= 15 is 0 Å². The second-order valence-electron chi connectivity index (χ2n) is 2.89. The van der Waals surface area contributed by atoms with Gasteiger partial charge in [-0.15, -0.1) is 0 Å². The van der Waals surface area contributed by atoms with Crippen LogP contribution in [0.15, 0.2) is 6.20 Å². The van der Waals surface area contributed by atoms with E-state index in [0.717, 1.165) is 18.5 Å². The third-order valence-electron chi connectivity index (χ3n) is 1.88. The minimum atomic E-state index is 0.313. The average Bonchev–Trinajstić information content (AvgIpc) is 2.73. The third kappa shape index (κ3) is 1.48. The molecule has 0 spiro atoms. The van der Waals surface area contributed by atoms with Gasteiger partial charge >= 0.3 is 0 Å². The molecule has 1 aromatic heterocycles. The van der Waals surface area contributed by atoms with Gasteiger partial charge in [-0.3, -0.25) is 9.89 Å². The summed E-state index contributed by atoms with van der Waals surface area (Å²) < 4.78 is 0. The van der Waals surface area contributed by atoms with Crippen molar-refractivity contribution in [3.05, 3.63) is 18.0 Å². The van der Waals surface area contributed by atoms with E-state index in [9.17, 15) is 4.79 Å². The van der Waals surface area contributed by atoms with Crippen LogP contribution in [-0.4, -0.2) is 16.0 Å². The highest BCUT2D eigenvalue weighted by atomic mass is 16.1. The molecule has 1 aromatic rings. The molecule has 0 aliphatic heterocycles. The molecule has 1 fully saturated rings. The van der Waals surface area contributed by atoms with E-state index in [1.165, 1.54) is 0 Å². The second kappa shape index (κ2) is 2.49. The van der Waals surface area contributed by atoms with Crippen molar-refractivity contribution in [1.29, 1.82) is 0 Å². The monoisotopic (exact) mass is 149 g/mol. The standard InChI is InChI=1S/C8H9N2O/c11-8(6-1-2-6)5-7-3-4-9-10-7/h4,6H,1-2,5H2,(H,9,10). The van der Waals surface area contributed by atoms with Crippen LogP contribution in [0.5, 0.6) is 0 Å². The lowest BCUT2D eigenvalue weighted by Gasteiger charge is -1.91. The van der Waals surface area contributed by atoms with Gasteiger partial charge in [-0.05, 0) is 12.8 Å². The second-order valence-corrected chi connectivity index (χ2v) is 2.89. The zero-order chi connectivity index (χ0) is 7.68. The fourth-order valence-corrected chi connectivity index (χ4v) is 1.06. The Balaban J connectivity index is 1.94. The number of ketones is 1. The highest BCUT2D eigenvalue weighted by molar-refractivity contribution is 5.84. The van der Waals surface area contributed by atoms with Gasteiger partial charge in [0.25, 0.3) is 0 Å². The number of rotatable bonds is 3. The van der Waals surface area contributed by atoms with Gasteiger partial charge in [-0.25, -0.2) is 0 Å². The summed E-state index contributed by atoms with van der Waals surface area (Å²) in [6.45, 7) is 0. The summed E-state index contributed by atoms with van der Waals surface area (Å²) in [5.41, 5.74) is 0.738. The van der Waals surface area contributed by atoms with Crippen molar-refractivity contribution in [3.8, 4) is 0 Å². The van der Waals surface area contributed by atoms with Crippen molar-refractivity contribution in [3.63, 3.8) is 0 Å². The lowest BCUT2D eigenvalue weighted by atomic mass is 10.1. The summed E-state index contributed by atoms with van der Waals surface area (Å²) in [6, 6.07) is 2.86. The highest BCUT2D eigenvalue weighted by Crippen LogP contribution is 2.30. The quantitative estimate of drug-likeness (QED) is 0.688. The zero-order valence-electron chi connectivity index (χ0n) is 6.13. The Bertz CT molecular complexity index is 249. The van der Waals surface area contributed by atoms with Gasteiger partial charge in [0.2, 0.25) is 0 Å². The molecule has 3 heteroatoms. The summed E-state index contributed by atoms with van der Waals surface area (Å²) in [5, 5.41) is 6.50. The van der Waals surface area contributed by atoms with Crippen molar-refractivity contribution in [2.24, 2.45) is 5.92 Å². The largest absolute Gasteiger partial charge is 0.299 e. The van der Waals surface area contributed by atoms with E-state index in [0.29, 0.717) is 18.1 Å². The lowest BCUT2D eigenvalue weighted by molar-refractivity contribution is -0.119. The molecule has 1 heterocycles. The van der Waals surface area contributed by atoms with E-state index < -0.39 is 0 Å². The maximum Gasteiger partial charge on any atom is 0.142 e. The van der Waals surface area contributed by atoms with Crippen molar-refractivity contribution in [2.45, 2.75) is 19.3 Å². The molecule has 1 aliphatic rings. The van der Waals surface area contributed by atoms with Gasteiger partial charge in [0, 0.05) is 18.2 Å². The zero-order valence-corrected chi connectivity index (χ0v) is 6.13. The number of aromatic amines is 1. The molecule has 0 amide bonds. The predicted octanol–water partition coefficient (Wildman–Crippen LogP) is 0.731. The molecule has 57 valence electrons. The van der Waals surface area contributed by atoms with E-state index in [-0.39, 0.29) is 0 Å². The van der Waals surface area contributed by atoms with Crippen LogP contribution < -0.4 is 0 Å². The highest BCUT2D eigenvalue weighted by Gasteiger charge is 2.29. The molecular formula is C8H9N2O. The maximum absolute atomic E-state index is 11.2. The van der Waals surface area contributed by atoms with Gasteiger partial charge < -0.3 is 0 Å². The molecule has 1 saturated carbocycles. The number of carbonyl (C=O) groups is 1. The molecule has 0 unspecified atom stereocenters. The van der Waals surface area contributed by atoms with E-state index in [2.05, 4.69) is 16.3 Å². The van der Waals surface area contributed by atoms with E-state index in [4.69, 9.17) is 0 Å². The van der Waals surface area contributed by atoms with Crippen molar-refractivity contribution >= 4 is 5.78 Å². The number of nitrogens with one attached hydrogen (secondary N) is 1. The Labute approximate surface area is 64.8 Å². The van der Waals surface area contributed by atoms with Crippen molar-refractivity contribution in [1.82, 2.24) is 10.2 Å². The van der Waals surface area contributed by atoms with Gasteiger partial charge in [0.15, 0.2) is 0 Å². The van der Waals surface area contributed by atoms with Gasteiger partial charge in [0.05, 0.1) is 12.1 Å². The van der Waals surface area contributed by atoms with Crippen molar-refractivity contribution < 1.29 is 4.79 Å². The van der Waals surface area contributed by atoms with Gasteiger partial charge in [-0.2, -0.15) is 5.10 Å². The Morgan fingerprint density at radius 2 is 2.64 bits per heavy atom. The van der Waals surface area contributed by atoms with Crippen LogP contribution in [0.3, 0.4) is 0 Å². The Kier molecular flexibility index (Phi) is 1.49. The number of H-pyrrole nitrogens is 1. The first-order valence-corrected chi connectivity index (χ1v) is 3.79. The number of Topliss-reactive ketones (excluding diaryl/α,β-unsaturated/α-hetero) is 1. The van der Waals surface area contributed by atoms with Crippen LogP contribution in [0, 0.1) is 12.0 Å². The van der Waals surface area contributed by atoms with Crippen LogP contribution in [0.25, 0.3) is 0 Å². The smallest absolute Gasteiger partial charge is 0.142 e. The lowest BCUT2D eigenvalue weighted by Crippen LogP contribution is -2.04. The van der Waals surface area contributed by atoms with Crippen LogP contribution in [-0.2, 0) is 11.2 Å². The molecule has 3 nitrogen and oxygen atoms in total.